The van der Waals surface area contributed by atoms with Crippen molar-refractivity contribution in [3.05, 3.63) is 146 Å². The number of nitrogens with two attached hydrogens (primary N) is 4. The van der Waals surface area contributed by atoms with Crippen LogP contribution in [-0.4, -0.2) is 219 Å². The minimum absolute atomic E-state index is 0.245. The molecule has 0 radical (unpaired) electrons. The van der Waals surface area contributed by atoms with Crippen molar-refractivity contribution in [2.45, 2.75) is 187 Å². The van der Waals surface area contributed by atoms with Crippen molar-refractivity contribution in [2.75, 3.05) is 88.9 Å². The van der Waals surface area contributed by atoms with E-state index in [1.54, 1.807) is 80.2 Å². The first-order valence-corrected chi connectivity index (χ1v) is 40.9. The molecule has 0 atom stereocenters. The van der Waals surface area contributed by atoms with Crippen molar-refractivity contribution in [1.82, 2.24) is 97.7 Å². The van der Waals surface area contributed by atoms with E-state index in [0.717, 1.165) is 186 Å². The van der Waals surface area contributed by atoms with E-state index >= 15 is 0 Å². The van der Waals surface area contributed by atoms with Gasteiger partial charge in [0.15, 0.2) is 0 Å². The molecule has 0 unspecified atom stereocenters. The largest absolute Gasteiger partial charge is 0.378 e. The standard InChI is InChI=1S/C24H30N6O.C23H28N6O.2C22H26N6O/c1-16(2)29-11-7-18(8-12-29)30-15-20(21-6-10-26-23(25)28-21)19-13-17(27-14-22(19)30)5-9-24(3,4)31;1-4-28-11-7-17(8-12-28)29-15-19(20-6-10-25-22(24)27-20)18-13-16(26-14-21(18)29)5-9-23(2,3)30;1-22(2,29)8-4-15-12-17-18(19-5-9-24-21(23)26-19)14-28(20(17)13-25-15)16-6-10-27(3)11-7-16;1-14(2)27-11-16(12-27)28-13-18(19-6-8-24-21(23)26-19)17-9-15(25-10-20(17)28)5-7-22(3,4)29/h6,10,13-16,18,31H,7-8,11-12H2,1-4H3,(H2,25,26,28);6,10,13-15,17,30H,4,7-8,11-12H2,1-3H3,(H2,24,25,27);5,9,12-14,16,29H,6-7,10-11H2,1-3H3,(H2,23,24,26);6,8-10,13-14,16,29H,11-12H2,1-4H3,(H2,23,24,26). The monoisotopic (exact) mass is 1600 g/mol. The molecule has 4 saturated heterocycles. The molecule has 0 saturated carbocycles. The quantitative estimate of drug-likeness (QED) is 0.0558. The van der Waals surface area contributed by atoms with Gasteiger partial charge in [-0.3, -0.25) is 4.90 Å². The van der Waals surface area contributed by atoms with E-state index in [0.29, 0.717) is 59.0 Å². The molecule has 12 N–H and O–H groups in total. The first-order valence-electron chi connectivity index (χ1n) is 40.9. The van der Waals surface area contributed by atoms with Gasteiger partial charge in [0, 0.05) is 163 Å². The number of pyridine rings is 4. The predicted molar refractivity (Wildman–Crippen MR) is 470 cm³/mol. The van der Waals surface area contributed by atoms with Crippen LogP contribution in [0.3, 0.4) is 0 Å². The van der Waals surface area contributed by atoms with Gasteiger partial charge in [-0.15, -0.1) is 0 Å². The van der Waals surface area contributed by atoms with Gasteiger partial charge in [0.25, 0.3) is 0 Å². The molecule has 0 bridgehead atoms. The molecule has 0 spiro atoms. The van der Waals surface area contributed by atoms with Crippen LogP contribution in [0.25, 0.3) is 88.6 Å². The molecule has 12 aromatic heterocycles. The zero-order chi connectivity index (χ0) is 84.8. The van der Waals surface area contributed by atoms with E-state index in [4.69, 9.17) is 22.9 Å². The summed E-state index contributed by atoms with van der Waals surface area (Å²) < 4.78 is 9.26. The van der Waals surface area contributed by atoms with Gasteiger partial charge in [-0.05, 0) is 221 Å². The fraction of sp³-hybridized carbons (Fsp3) is 0.429. The first kappa shape index (κ1) is 85.1. The van der Waals surface area contributed by atoms with Crippen LogP contribution >= 0.6 is 0 Å². The molecule has 119 heavy (non-hydrogen) atoms. The number of likely N-dealkylation sites (tertiary alicyclic amines) is 4. The summed E-state index contributed by atoms with van der Waals surface area (Å²) in [6.45, 7) is 34.0. The molecule has 0 aliphatic carbocycles. The molecular weight excluding hydrogens is 1490 g/mol. The Morgan fingerprint density at radius 3 is 0.891 bits per heavy atom. The van der Waals surface area contributed by atoms with Crippen LogP contribution in [-0.2, 0) is 0 Å². The van der Waals surface area contributed by atoms with Crippen molar-refractivity contribution in [1.29, 1.82) is 0 Å². The fourth-order valence-electron chi connectivity index (χ4n) is 15.4. The highest BCUT2D eigenvalue weighted by Gasteiger charge is 2.33. The summed E-state index contributed by atoms with van der Waals surface area (Å²) in [5.74, 6) is 24.3. The van der Waals surface area contributed by atoms with E-state index in [1.807, 2.05) is 73.3 Å². The van der Waals surface area contributed by atoms with Crippen LogP contribution in [0.1, 0.15) is 175 Å². The molecule has 28 heteroatoms. The van der Waals surface area contributed by atoms with Crippen LogP contribution in [0.15, 0.2) is 123 Å². The number of hydrogen-bond acceptors (Lipinski definition) is 24. The fourth-order valence-corrected chi connectivity index (χ4v) is 15.4. The molecular formula is C91H110N24O4. The van der Waals surface area contributed by atoms with Crippen LogP contribution in [0, 0.1) is 47.4 Å². The van der Waals surface area contributed by atoms with Crippen molar-refractivity contribution >= 4 is 67.4 Å². The van der Waals surface area contributed by atoms with E-state index in [2.05, 4.69) is 211 Å². The van der Waals surface area contributed by atoms with Gasteiger partial charge < -0.3 is 76.3 Å². The summed E-state index contributed by atoms with van der Waals surface area (Å²) in [6, 6.07) is 18.1. The molecule has 4 aliphatic rings. The molecule has 4 fully saturated rings. The number of nitrogens with zero attached hydrogens (tertiary/aromatic N) is 20. The normalized spacial score (nSPS) is 15.8. The molecule has 16 heterocycles. The number of rotatable bonds is 11. The highest BCUT2D eigenvalue weighted by molar-refractivity contribution is 5.98. The Kier molecular flexibility index (Phi) is 25.6. The average molecular weight is 1600 g/mol. The number of nitrogen functional groups attached to an aromatic ring is 4. The summed E-state index contributed by atoms with van der Waals surface area (Å²) in [7, 11) is 2.16. The molecule has 618 valence electrons. The third-order valence-electron chi connectivity index (χ3n) is 21.8. The SMILES string of the molecule is CC(C)N1CC(n2cc(-c3ccnc(N)n3)c3cc(C#CC(C)(C)O)ncc32)C1.CC(C)N1CCC(n2cc(-c3ccnc(N)n3)c3cc(C#CC(C)(C)O)ncc32)CC1.CCN1CCC(n2cc(-c3ccnc(N)n3)c3cc(C#CC(C)(C)O)ncc32)CC1.CN1CCC(n2cc(-c3ccnc(N)n3)c3cc(C#CC(C)(C)O)ncc32)CC1. The lowest BCUT2D eigenvalue weighted by Gasteiger charge is -2.43. The molecule has 28 nitrogen and oxygen atoms in total. The van der Waals surface area contributed by atoms with Gasteiger partial charge in [0.2, 0.25) is 23.8 Å². The summed E-state index contributed by atoms with van der Waals surface area (Å²) in [4.78, 5) is 61.8. The van der Waals surface area contributed by atoms with Crippen molar-refractivity contribution < 1.29 is 20.4 Å². The molecule has 16 rings (SSSR count). The molecule has 0 amide bonds. The second kappa shape index (κ2) is 35.8. The number of anilines is 4. The maximum absolute atomic E-state index is 9.95. The summed E-state index contributed by atoms with van der Waals surface area (Å²) in [6.07, 6.45) is 29.3. The summed E-state index contributed by atoms with van der Waals surface area (Å²) >= 11 is 0. The van der Waals surface area contributed by atoms with E-state index in [1.165, 1.54) is 0 Å². The number of aromatic nitrogens is 16. The number of hydrogen-bond donors (Lipinski definition) is 8. The minimum Gasteiger partial charge on any atom is -0.378 e. The number of aliphatic hydroxyl groups is 4. The van der Waals surface area contributed by atoms with Crippen LogP contribution in [0.4, 0.5) is 23.8 Å². The lowest BCUT2D eigenvalue weighted by molar-refractivity contribution is 0.0767. The molecule has 0 aromatic carbocycles. The third-order valence-corrected chi connectivity index (χ3v) is 21.8. The third kappa shape index (κ3) is 21.4. The maximum atomic E-state index is 9.95. The van der Waals surface area contributed by atoms with Gasteiger partial charge in [0.1, 0.15) is 45.2 Å². The molecule has 4 aliphatic heterocycles. The van der Waals surface area contributed by atoms with E-state index in [9.17, 15) is 20.4 Å². The van der Waals surface area contributed by atoms with Crippen LogP contribution in [0.5, 0.6) is 0 Å². The Balaban J connectivity index is 0.000000137. The van der Waals surface area contributed by atoms with Crippen molar-refractivity contribution in [2.24, 2.45) is 0 Å². The van der Waals surface area contributed by atoms with E-state index in [-0.39, 0.29) is 23.8 Å². The second-order valence-electron chi connectivity index (χ2n) is 33.8. The van der Waals surface area contributed by atoms with Gasteiger partial charge in [-0.1, -0.05) is 30.6 Å². The topological polar surface area (TPSA) is 372 Å². The highest BCUT2D eigenvalue weighted by atomic mass is 16.3. The smallest absolute Gasteiger partial charge is 0.220 e. The second-order valence-corrected chi connectivity index (χ2v) is 33.8. The number of piperidine rings is 3. The number of fused-ring (bicyclic) bond motifs is 4. The van der Waals surface area contributed by atoms with E-state index < -0.39 is 22.4 Å². The minimum atomic E-state index is -1.07. The molecule has 12 aromatic rings. The Labute approximate surface area is 696 Å². The highest BCUT2D eigenvalue weighted by Crippen LogP contribution is 2.40. The first-order chi connectivity index (χ1) is 56.6. The Bertz CT molecular complexity index is 5890. The van der Waals surface area contributed by atoms with Gasteiger partial charge in [-0.2, -0.15) is 0 Å². The zero-order valence-corrected chi connectivity index (χ0v) is 70.7. The van der Waals surface area contributed by atoms with Gasteiger partial charge >= 0.3 is 0 Å². The van der Waals surface area contributed by atoms with Crippen LogP contribution in [0.2, 0.25) is 0 Å². The van der Waals surface area contributed by atoms with Crippen molar-refractivity contribution in [3.63, 3.8) is 0 Å². The average Bonchev–Trinajstić information content (AvgIpc) is 1.62. The van der Waals surface area contributed by atoms with Gasteiger partial charge in [0.05, 0.1) is 75.7 Å². The lowest BCUT2D eigenvalue weighted by Crippen LogP contribution is -2.50. The zero-order valence-electron chi connectivity index (χ0n) is 70.7. The predicted octanol–water partition coefficient (Wildman–Crippen LogP) is 11.0. The Hall–Kier alpha value is -11.8. The van der Waals surface area contributed by atoms with Gasteiger partial charge in [-0.25, -0.2) is 59.8 Å². The summed E-state index contributed by atoms with van der Waals surface area (Å²) in [5.41, 5.74) is 32.8. The Morgan fingerprint density at radius 1 is 0.378 bits per heavy atom. The lowest BCUT2D eigenvalue weighted by atomic mass is 10.0. The van der Waals surface area contributed by atoms with Crippen LogP contribution < -0.4 is 22.9 Å². The van der Waals surface area contributed by atoms with Crippen molar-refractivity contribution in [3.8, 4) is 92.4 Å². The Morgan fingerprint density at radius 2 is 0.639 bits per heavy atom. The maximum Gasteiger partial charge on any atom is 0.220 e. The summed E-state index contributed by atoms with van der Waals surface area (Å²) in [5, 5.41) is 43.8.